The van der Waals surface area contributed by atoms with Crippen molar-refractivity contribution in [1.82, 2.24) is 9.80 Å². The van der Waals surface area contributed by atoms with Crippen LogP contribution in [0, 0.1) is 29.1 Å². The number of esters is 2. The summed E-state index contributed by atoms with van der Waals surface area (Å²) in [5.41, 5.74) is 21.8. The van der Waals surface area contributed by atoms with Crippen LogP contribution in [0.5, 0.6) is 40.2 Å². The van der Waals surface area contributed by atoms with E-state index in [1.807, 2.05) is 20.8 Å². The maximum absolute atomic E-state index is 14.1. The van der Waals surface area contributed by atoms with E-state index < -0.39 is 111 Å². The van der Waals surface area contributed by atoms with Gasteiger partial charge in [-0.05, 0) is 147 Å². The van der Waals surface area contributed by atoms with Gasteiger partial charge in [0.1, 0.15) is 36.5 Å². The minimum absolute atomic E-state index is 0.0218. The molecule has 0 atom stereocenters. The third-order valence-electron chi connectivity index (χ3n) is 14.7. The van der Waals surface area contributed by atoms with Crippen LogP contribution in [0.15, 0.2) is 182 Å². The topological polar surface area (TPSA) is 458 Å². The molecule has 9 aromatic rings. The van der Waals surface area contributed by atoms with E-state index in [1.165, 1.54) is 104 Å². The summed E-state index contributed by atoms with van der Waals surface area (Å²) in [6, 6.07) is 42.1. The van der Waals surface area contributed by atoms with E-state index in [0.717, 1.165) is 31.4 Å². The molecule has 14 N–H and O–H groups in total. The number of carboxylic acid groups (broad SMARTS) is 2. The first-order valence-corrected chi connectivity index (χ1v) is 32.0. The molecular formula is C77H73F5N6O22. The van der Waals surface area contributed by atoms with Crippen molar-refractivity contribution < 1.29 is 129 Å². The molecule has 0 saturated carbocycles. The van der Waals surface area contributed by atoms with Gasteiger partial charge in [0.05, 0.1) is 47.6 Å². The Bertz CT molecular complexity index is 4780. The largest absolute Gasteiger partial charge is 0.504 e. The van der Waals surface area contributed by atoms with Gasteiger partial charge < -0.3 is 91.8 Å². The number of nitrogens with zero attached hydrogens (tertiary/aromatic N) is 2. The summed E-state index contributed by atoms with van der Waals surface area (Å²) in [5.74, 6) is -13.8. The van der Waals surface area contributed by atoms with Crippen LogP contribution in [-0.4, -0.2) is 146 Å². The molecule has 110 heavy (non-hydrogen) atoms. The van der Waals surface area contributed by atoms with Crippen molar-refractivity contribution in [1.29, 1.82) is 0 Å². The molecule has 0 aromatic heterocycles. The second kappa shape index (κ2) is 40.9. The van der Waals surface area contributed by atoms with Crippen molar-refractivity contribution >= 4 is 59.5 Å². The number of benzene rings is 9. The Hall–Kier alpha value is -14.3. The zero-order chi connectivity index (χ0) is 81.7. The number of carboxylic acids is 2. The van der Waals surface area contributed by atoms with Crippen LogP contribution in [0.25, 0.3) is 0 Å². The van der Waals surface area contributed by atoms with E-state index in [4.69, 9.17) is 72.5 Å². The fourth-order valence-corrected chi connectivity index (χ4v) is 9.32. The monoisotopic (exact) mass is 1530 g/mol. The first-order chi connectivity index (χ1) is 52.0. The summed E-state index contributed by atoms with van der Waals surface area (Å²) in [6.45, 7) is 6.81. The summed E-state index contributed by atoms with van der Waals surface area (Å²) in [6.07, 6.45) is -0.391. The first kappa shape index (κ1) is 86.4. The quantitative estimate of drug-likeness (QED) is 0.0165. The van der Waals surface area contributed by atoms with E-state index in [1.54, 1.807) is 70.5 Å². The zero-order valence-corrected chi connectivity index (χ0v) is 59.1. The molecular weight excluding hydrogens is 1460 g/mol. The highest BCUT2D eigenvalue weighted by Crippen LogP contribution is 2.30. The lowest BCUT2D eigenvalue weighted by Crippen LogP contribution is -2.51. The molecule has 0 unspecified atom stereocenters. The molecule has 1 aliphatic heterocycles. The highest BCUT2D eigenvalue weighted by Gasteiger charge is 2.29. The Morgan fingerprint density at radius 1 is 0.382 bits per heavy atom. The third kappa shape index (κ3) is 25.5. The molecule has 1 saturated heterocycles. The number of amides is 6. The average Bonchev–Trinajstić information content (AvgIpc) is 0.842. The summed E-state index contributed by atoms with van der Waals surface area (Å²) < 4.78 is 97.1. The van der Waals surface area contributed by atoms with Crippen molar-refractivity contribution in [3.8, 4) is 40.2 Å². The molecule has 6 amide bonds. The number of phenolic OH excluding ortho intramolecular Hbond substituents is 2. The molecule has 10 rings (SSSR count). The number of phenols is 4. The lowest BCUT2D eigenvalue weighted by molar-refractivity contribution is 0.0140. The van der Waals surface area contributed by atoms with E-state index in [2.05, 4.69) is 9.47 Å². The Balaban J connectivity index is 0.000000248. The van der Waals surface area contributed by atoms with Crippen molar-refractivity contribution in [3.63, 3.8) is 0 Å². The third-order valence-corrected chi connectivity index (χ3v) is 14.7. The van der Waals surface area contributed by atoms with Gasteiger partial charge in [-0.2, -0.15) is 0 Å². The van der Waals surface area contributed by atoms with Gasteiger partial charge in [0.2, 0.25) is 0 Å². The number of rotatable bonds is 18. The van der Waals surface area contributed by atoms with Crippen molar-refractivity contribution in [2.45, 2.75) is 46.2 Å². The second-order valence-electron chi connectivity index (χ2n) is 23.6. The maximum Gasteiger partial charge on any atom is 0.410 e. The van der Waals surface area contributed by atoms with Crippen LogP contribution < -0.4 is 37.1 Å². The summed E-state index contributed by atoms with van der Waals surface area (Å²) in [4.78, 5) is 116. The Kier molecular flexibility index (Phi) is 32.1. The minimum atomic E-state index is -1.35. The van der Waals surface area contributed by atoms with Gasteiger partial charge >= 0.3 is 30.0 Å². The van der Waals surface area contributed by atoms with E-state index in [0.29, 0.717) is 54.0 Å². The lowest BCUT2D eigenvalue weighted by atomic mass is 10.1. The van der Waals surface area contributed by atoms with Crippen LogP contribution >= 0.6 is 0 Å². The molecule has 1 aliphatic rings. The first-order valence-electron chi connectivity index (χ1n) is 32.0. The Morgan fingerprint density at radius 3 is 1.08 bits per heavy atom. The van der Waals surface area contributed by atoms with Gasteiger partial charge in [-0.1, -0.05) is 72.8 Å². The van der Waals surface area contributed by atoms with E-state index in [9.17, 15) is 69.9 Å². The number of halogens is 5. The summed E-state index contributed by atoms with van der Waals surface area (Å²) in [7, 11) is 2.44. The minimum Gasteiger partial charge on any atom is -0.504 e. The molecule has 28 nitrogen and oxygen atoms in total. The van der Waals surface area contributed by atoms with E-state index >= 15 is 0 Å². The smallest absolute Gasteiger partial charge is 0.410 e. The number of carbonyl (C=O) groups is 10. The fraction of sp³-hybridized carbons (Fsp3) is 0.169. The number of hydrogen-bond acceptors (Lipinski definition) is 20. The number of nitrogens with two attached hydrogens (primary N) is 4. The maximum atomic E-state index is 14.1. The molecule has 0 aliphatic carbocycles. The van der Waals surface area contributed by atoms with Crippen LogP contribution in [-0.2, 0) is 34.0 Å². The van der Waals surface area contributed by atoms with Gasteiger partial charge in [0.15, 0.2) is 69.3 Å². The normalized spacial score (nSPS) is 11.1. The van der Waals surface area contributed by atoms with Gasteiger partial charge in [-0.15, -0.1) is 0 Å². The van der Waals surface area contributed by atoms with Gasteiger partial charge in [0, 0.05) is 31.7 Å². The molecule has 0 bridgehead atoms. The number of methoxy groups -OCH3 is 2. The van der Waals surface area contributed by atoms with E-state index in [-0.39, 0.29) is 82.1 Å². The highest BCUT2D eigenvalue weighted by atomic mass is 19.1. The predicted octanol–water partition coefficient (Wildman–Crippen LogP) is 10.4. The standard InChI is InChI=1S/C24H28FN3O5.C16H14FNO4.C15H12FNO4.C8H7FO3.C7H5FO3.C7H7NO3/c1-24(2,3)33-23(31)28-12-10-27(11-13-28)22(30)17-7-4-6-16(14-17)15-32-20-18(21(26)29)8-5-9-19(20)25;1-21-16(20)11-5-2-4-10(8-11)9-22-14-12(15(18)19)6-3-7-13(14)17;16-12-6-2-5-11(14(17)18)13(12)21-8-9-3-1-4-10(7-9)15(19)20;1-12-8(11)5-3-2-4-6(9)7(5)10;8-5-3-1-2-4(6(5)9)7(10)11;8-7(11)4-2-1-3-5(9)6(4)10/h4-9,14H,10-13,15H2,1-3H3,(H2,26,29);2-8H,9H2,1H3,(H2,18,19);1-7H,8H2,(H2,17,18)(H,19,20);2-4,10H,1H3;1-3,9H,(H,10,11);1-3,9-10H,(H2,8,11). The van der Waals surface area contributed by atoms with Crippen LogP contribution in [0.4, 0.5) is 26.7 Å². The number of carbonyl (C=O) groups excluding carboxylic acids is 8. The summed E-state index contributed by atoms with van der Waals surface area (Å²) in [5, 5.41) is 53.0. The SMILES string of the molecule is CC(C)(C)OC(=O)N1CCN(C(=O)c2cccc(COc3c(F)cccc3C(N)=O)c2)CC1.COC(=O)c1cccc(COc2c(F)cccc2C(N)=O)c1.COC(=O)c1cccc(F)c1O.NC(=O)c1cccc(F)c1OCc1cccc(C(=O)O)c1.NC(=O)c1cccc(O)c1O.O=C(O)c1cccc(F)c1O. The van der Waals surface area contributed by atoms with Crippen LogP contribution in [0.2, 0.25) is 0 Å². The van der Waals surface area contributed by atoms with Gasteiger partial charge in [-0.25, -0.2) is 45.9 Å². The molecule has 0 spiro atoms. The fourth-order valence-electron chi connectivity index (χ4n) is 9.32. The number of piperazine rings is 1. The lowest BCUT2D eigenvalue weighted by Gasteiger charge is -2.35. The number of hydrogen-bond donors (Lipinski definition) is 10. The zero-order valence-electron chi connectivity index (χ0n) is 59.1. The average molecular weight is 1530 g/mol. The number of para-hydroxylation sites is 6. The molecule has 9 aromatic carbocycles. The predicted molar refractivity (Wildman–Crippen MR) is 382 cm³/mol. The number of aromatic carboxylic acids is 2. The van der Waals surface area contributed by atoms with Crippen LogP contribution in [0.3, 0.4) is 0 Å². The molecule has 1 heterocycles. The number of primary amides is 4. The molecule has 33 heteroatoms. The van der Waals surface area contributed by atoms with Crippen molar-refractivity contribution in [2.75, 3.05) is 40.4 Å². The molecule has 0 radical (unpaired) electrons. The number of ether oxygens (including phenoxy) is 6. The van der Waals surface area contributed by atoms with Crippen molar-refractivity contribution in [3.05, 3.63) is 278 Å². The Labute approximate surface area is 623 Å². The molecule has 578 valence electrons. The number of aromatic hydroxyl groups is 4. The summed E-state index contributed by atoms with van der Waals surface area (Å²) >= 11 is 0. The van der Waals surface area contributed by atoms with Gasteiger partial charge in [0.25, 0.3) is 29.5 Å². The van der Waals surface area contributed by atoms with Crippen LogP contribution in [0.1, 0.15) is 131 Å². The molecule has 1 fully saturated rings. The Morgan fingerprint density at radius 2 is 0.709 bits per heavy atom. The van der Waals surface area contributed by atoms with Crippen molar-refractivity contribution in [2.24, 2.45) is 22.9 Å². The second-order valence-corrected chi connectivity index (χ2v) is 23.6. The van der Waals surface area contributed by atoms with Gasteiger partial charge in [-0.3, -0.25) is 24.0 Å². The highest BCUT2D eigenvalue weighted by molar-refractivity contribution is 5.98.